The summed E-state index contributed by atoms with van der Waals surface area (Å²) in [5, 5.41) is 9.46. The van der Waals surface area contributed by atoms with Crippen LogP contribution in [0.2, 0.25) is 0 Å². The zero-order valence-corrected chi connectivity index (χ0v) is 12.1. The SMILES string of the molecule is OCCCc1cc2cc(C(F)(F)F)ccc2nc1-c1ccoc1. The molecule has 3 nitrogen and oxygen atoms in total. The van der Waals surface area contributed by atoms with Crippen molar-refractivity contribution in [3.63, 3.8) is 0 Å². The number of alkyl halides is 3. The summed E-state index contributed by atoms with van der Waals surface area (Å²) in [6, 6.07) is 6.96. The summed E-state index contributed by atoms with van der Waals surface area (Å²) in [5.74, 6) is 0. The summed E-state index contributed by atoms with van der Waals surface area (Å²) in [4.78, 5) is 4.48. The fourth-order valence-corrected chi connectivity index (χ4v) is 2.51. The first-order valence-corrected chi connectivity index (χ1v) is 7.13. The summed E-state index contributed by atoms with van der Waals surface area (Å²) < 4.78 is 43.6. The Hall–Kier alpha value is -2.34. The van der Waals surface area contributed by atoms with Gasteiger partial charge in [0, 0.05) is 17.6 Å². The van der Waals surface area contributed by atoms with Gasteiger partial charge < -0.3 is 9.52 Å². The van der Waals surface area contributed by atoms with E-state index in [1.807, 2.05) is 0 Å². The maximum Gasteiger partial charge on any atom is 0.416 e. The first-order valence-electron chi connectivity index (χ1n) is 7.13. The van der Waals surface area contributed by atoms with E-state index >= 15 is 0 Å². The van der Waals surface area contributed by atoms with Crippen LogP contribution in [0.25, 0.3) is 22.2 Å². The number of benzene rings is 1. The van der Waals surface area contributed by atoms with Crippen molar-refractivity contribution in [2.24, 2.45) is 0 Å². The van der Waals surface area contributed by atoms with Crippen molar-refractivity contribution >= 4 is 10.9 Å². The number of aliphatic hydroxyl groups is 1. The van der Waals surface area contributed by atoms with Gasteiger partial charge in [-0.25, -0.2) is 4.98 Å². The van der Waals surface area contributed by atoms with Crippen molar-refractivity contribution in [3.05, 3.63) is 54.0 Å². The molecule has 0 radical (unpaired) electrons. The highest BCUT2D eigenvalue weighted by molar-refractivity contribution is 5.84. The van der Waals surface area contributed by atoms with Crippen LogP contribution in [0, 0.1) is 0 Å². The fourth-order valence-electron chi connectivity index (χ4n) is 2.51. The second-order valence-corrected chi connectivity index (χ2v) is 5.24. The highest BCUT2D eigenvalue weighted by Crippen LogP contribution is 2.33. The standard InChI is InChI=1S/C17H14F3NO2/c18-17(19,20)14-3-4-15-13(9-14)8-11(2-1-6-22)16(21-15)12-5-7-23-10-12/h3-5,7-10,22H,1-2,6H2. The van der Waals surface area contributed by atoms with Gasteiger partial charge in [-0.3, -0.25) is 0 Å². The Morgan fingerprint density at radius 3 is 2.61 bits per heavy atom. The number of aryl methyl sites for hydroxylation is 1. The minimum Gasteiger partial charge on any atom is -0.472 e. The Morgan fingerprint density at radius 1 is 1.13 bits per heavy atom. The Balaban J connectivity index is 2.15. The van der Waals surface area contributed by atoms with Crippen LogP contribution in [0.1, 0.15) is 17.5 Å². The number of rotatable bonds is 4. The number of hydrogen-bond acceptors (Lipinski definition) is 3. The number of halogens is 3. The van der Waals surface area contributed by atoms with Crippen LogP contribution in [0.15, 0.2) is 47.3 Å². The van der Waals surface area contributed by atoms with Gasteiger partial charge in [0.15, 0.2) is 0 Å². The summed E-state index contributed by atoms with van der Waals surface area (Å²) in [6.45, 7) is 0.00541. The Bertz CT molecular complexity index is 811. The third-order valence-electron chi connectivity index (χ3n) is 3.62. The van der Waals surface area contributed by atoms with Crippen molar-refractivity contribution in [1.82, 2.24) is 4.98 Å². The van der Waals surface area contributed by atoms with Crippen LogP contribution in [0.5, 0.6) is 0 Å². The van der Waals surface area contributed by atoms with E-state index in [0.717, 1.165) is 23.3 Å². The lowest BCUT2D eigenvalue weighted by Crippen LogP contribution is -2.05. The molecule has 0 saturated carbocycles. The van der Waals surface area contributed by atoms with Crippen molar-refractivity contribution < 1.29 is 22.7 Å². The largest absolute Gasteiger partial charge is 0.472 e. The molecule has 6 heteroatoms. The van der Waals surface area contributed by atoms with E-state index in [2.05, 4.69) is 4.98 Å². The average Bonchev–Trinajstić information content (AvgIpc) is 3.04. The zero-order chi connectivity index (χ0) is 16.4. The first-order chi connectivity index (χ1) is 11.0. The van der Waals surface area contributed by atoms with Gasteiger partial charge in [0.05, 0.1) is 29.3 Å². The number of aliphatic hydroxyl groups excluding tert-OH is 1. The number of aromatic nitrogens is 1. The predicted octanol–water partition coefficient (Wildman–Crippen LogP) is 4.44. The lowest BCUT2D eigenvalue weighted by molar-refractivity contribution is -0.137. The highest BCUT2D eigenvalue weighted by atomic mass is 19.4. The molecule has 1 N–H and O–H groups in total. The molecule has 2 aromatic heterocycles. The summed E-state index contributed by atoms with van der Waals surface area (Å²) >= 11 is 0. The minimum absolute atomic E-state index is 0.00541. The molecule has 0 aliphatic rings. The molecule has 0 fully saturated rings. The van der Waals surface area contributed by atoms with E-state index in [4.69, 9.17) is 9.52 Å². The molecular weight excluding hydrogens is 307 g/mol. The van der Waals surface area contributed by atoms with E-state index < -0.39 is 11.7 Å². The van der Waals surface area contributed by atoms with Crippen LogP contribution in [0.4, 0.5) is 13.2 Å². The summed E-state index contributed by atoms with van der Waals surface area (Å²) in [5.41, 5.74) is 2.00. The zero-order valence-electron chi connectivity index (χ0n) is 12.1. The maximum absolute atomic E-state index is 12.9. The molecule has 0 aliphatic carbocycles. The Labute approximate surface area is 130 Å². The maximum atomic E-state index is 12.9. The fraction of sp³-hybridized carbons (Fsp3) is 0.235. The van der Waals surface area contributed by atoms with Gasteiger partial charge >= 0.3 is 6.18 Å². The van der Waals surface area contributed by atoms with Crippen LogP contribution < -0.4 is 0 Å². The van der Waals surface area contributed by atoms with Crippen LogP contribution in [-0.4, -0.2) is 16.7 Å². The molecule has 3 aromatic rings. The molecule has 0 amide bonds. The van der Waals surface area contributed by atoms with Gasteiger partial charge in [-0.2, -0.15) is 13.2 Å². The summed E-state index contributed by atoms with van der Waals surface area (Å²) in [6.07, 6.45) is -0.291. The number of nitrogens with zero attached hydrogens (tertiary/aromatic N) is 1. The third kappa shape index (κ3) is 3.22. The molecule has 0 atom stereocenters. The normalized spacial score (nSPS) is 12.0. The molecule has 1 aromatic carbocycles. The van der Waals surface area contributed by atoms with Crippen molar-refractivity contribution in [1.29, 1.82) is 0 Å². The molecule has 0 aliphatic heterocycles. The molecular formula is C17H14F3NO2. The van der Waals surface area contributed by atoms with E-state index in [0.29, 0.717) is 29.4 Å². The van der Waals surface area contributed by atoms with Gasteiger partial charge in [0.2, 0.25) is 0 Å². The smallest absolute Gasteiger partial charge is 0.416 e. The second kappa shape index (κ2) is 6.04. The first kappa shape index (κ1) is 15.6. The molecule has 0 saturated heterocycles. The molecule has 0 unspecified atom stereocenters. The lowest BCUT2D eigenvalue weighted by Gasteiger charge is -2.11. The third-order valence-corrected chi connectivity index (χ3v) is 3.62. The van der Waals surface area contributed by atoms with Gasteiger partial charge in [-0.1, -0.05) is 0 Å². The van der Waals surface area contributed by atoms with Crippen molar-refractivity contribution in [3.8, 4) is 11.3 Å². The van der Waals surface area contributed by atoms with E-state index in [9.17, 15) is 13.2 Å². The van der Waals surface area contributed by atoms with Crippen LogP contribution in [-0.2, 0) is 12.6 Å². The van der Waals surface area contributed by atoms with Gasteiger partial charge in [0.25, 0.3) is 0 Å². The lowest BCUT2D eigenvalue weighted by atomic mass is 10.0. The molecule has 120 valence electrons. The molecule has 3 rings (SSSR count). The molecule has 0 bridgehead atoms. The van der Waals surface area contributed by atoms with Gasteiger partial charge in [-0.05, 0) is 48.7 Å². The van der Waals surface area contributed by atoms with E-state index in [-0.39, 0.29) is 6.61 Å². The average molecular weight is 321 g/mol. The van der Waals surface area contributed by atoms with Crippen LogP contribution >= 0.6 is 0 Å². The topological polar surface area (TPSA) is 46.3 Å². The summed E-state index contributed by atoms with van der Waals surface area (Å²) in [7, 11) is 0. The van der Waals surface area contributed by atoms with E-state index in [1.165, 1.54) is 12.3 Å². The number of hydrogen-bond donors (Lipinski definition) is 1. The molecule has 23 heavy (non-hydrogen) atoms. The van der Waals surface area contributed by atoms with Crippen molar-refractivity contribution in [2.75, 3.05) is 6.61 Å². The van der Waals surface area contributed by atoms with E-state index in [1.54, 1.807) is 18.4 Å². The minimum atomic E-state index is -4.39. The van der Waals surface area contributed by atoms with Gasteiger partial charge in [0.1, 0.15) is 0 Å². The quantitative estimate of drug-likeness (QED) is 0.773. The predicted molar refractivity (Wildman–Crippen MR) is 79.9 cm³/mol. The van der Waals surface area contributed by atoms with Crippen molar-refractivity contribution in [2.45, 2.75) is 19.0 Å². The van der Waals surface area contributed by atoms with Gasteiger partial charge in [-0.15, -0.1) is 0 Å². The van der Waals surface area contributed by atoms with Crippen LogP contribution in [0.3, 0.4) is 0 Å². The number of fused-ring (bicyclic) bond motifs is 1. The number of furan rings is 1. The highest BCUT2D eigenvalue weighted by Gasteiger charge is 2.30. The monoisotopic (exact) mass is 321 g/mol. The number of pyridine rings is 1. The second-order valence-electron chi connectivity index (χ2n) is 5.24. The molecule has 2 heterocycles. The Morgan fingerprint density at radius 2 is 1.96 bits per heavy atom. The Kier molecular flexibility index (Phi) is 4.09. The molecule has 0 spiro atoms.